The Hall–Kier alpha value is -1.51. The monoisotopic (exact) mass is 206 g/mol. The van der Waals surface area contributed by atoms with E-state index in [1.54, 1.807) is 0 Å². The van der Waals surface area contributed by atoms with Gasteiger partial charge in [-0.2, -0.15) is 0 Å². The van der Waals surface area contributed by atoms with Crippen molar-refractivity contribution in [2.24, 2.45) is 0 Å². The molecule has 0 radical (unpaired) electrons. The maximum absolute atomic E-state index is 7.74. The molecule has 0 saturated heterocycles. The molecule has 0 spiro atoms. The smallest absolute Gasteiger partial charge is 0.289 e. The molecule has 1 aromatic rings. The highest BCUT2D eigenvalue weighted by Crippen LogP contribution is 2.12. The minimum atomic E-state index is 0.212. The van der Waals surface area contributed by atoms with Crippen molar-refractivity contribution in [1.29, 1.82) is 5.41 Å². The zero-order chi connectivity index (χ0) is 11.3. The van der Waals surface area contributed by atoms with Gasteiger partial charge < -0.3 is 9.64 Å². The van der Waals surface area contributed by atoms with Gasteiger partial charge in [-0.3, -0.25) is 5.41 Å². The Morgan fingerprint density at radius 2 is 1.73 bits per heavy atom. The average Bonchev–Trinajstić information content (AvgIpc) is 2.23. The molecule has 15 heavy (non-hydrogen) atoms. The van der Waals surface area contributed by atoms with Gasteiger partial charge in [0.05, 0.1) is 0 Å². The summed E-state index contributed by atoms with van der Waals surface area (Å²) in [5.41, 5.74) is 1.19. The van der Waals surface area contributed by atoms with Crippen LogP contribution in [0.15, 0.2) is 24.3 Å². The molecule has 3 nitrogen and oxygen atoms in total. The maximum Gasteiger partial charge on any atom is 0.289 e. The summed E-state index contributed by atoms with van der Waals surface area (Å²) < 4.78 is 5.42. The summed E-state index contributed by atoms with van der Waals surface area (Å²) in [7, 11) is 0. The molecule has 0 aliphatic carbocycles. The fourth-order valence-corrected chi connectivity index (χ4v) is 1.29. The number of hydrogen-bond donors (Lipinski definition) is 1. The summed E-state index contributed by atoms with van der Waals surface area (Å²) in [4.78, 5) is 1.86. The summed E-state index contributed by atoms with van der Waals surface area (Å²) in [6.45, 7) is 7.63. The van der Waals surface area contributed by atoms with Crippen LogP contribution in [0.25, 0.3) is 0 Å². The second-order valence-corrected chi connectivity index (χ2v) is 3.39. The Morgan fingerprint density at radius 1 is 1.20 bits per heavy atom. The van der Waals surface area contributed by atoms with E-state index in [1.807, 2.05) is 49.9 Å². The van der Waals surface area contributed by atoms with Crippen molar-refractivity contribution >= 4 is 6.02 Å². The number of nitrogens with one attached hydrogen (secondary N) is 1. The van der Waals surface area contributed by atoms with E-state index in [1.165, 1.54) is 5.56 Å². The van der Waals surface area contributed by atoms with Crippen LogP contribution in [0.4, 0.5) is 0 Å². The lowest BCUT2D eigenvalue weighted by Crippen LogP contribution is -2.33. The highest BCUT2D eigenvalue weighted by Gasteiger charge is 2.06. The zero-order valence-electron chi connectivity index (χ0n) is 9.58. The van der Waals surface area contributed by atoms with Gasteiger partial charge in [-0.25, -0.2) is 0 Å². The molecular formula is C12H18N2O. The highest BCUT2D eigenvalue weighted by atomic mass is 16.5. The van der Waals surface area contributed by atoms with Crippen molar-refractivity contribution in [3.05, 3.63) is 29.8 Å². The Balaban J connectivity index is 2.61. The van der Waals surface area contributed by atoms with E-state index >= 15 is 0 Å². The van der Waals surface area contributed by atoms with E-state index < -0.39 is 0 Å². The van der Waals surface area contributed by atoms with Gasteiger partial charge in [0.15, 0.2) is 0 Å². The van der Waals surface area contributed by atoms with Gasteiger partial charge in [-0.1, -0.05) is 17.7 Å². The van der Waals surface area contributed by atoms with Crippen molar-refractivity contribution in [3.63, 3.8) is 0 Å². The van der Waals surface area contributed by atoms with E-state index in [4.69, 9.17) is 10.1 Å². The van der Waals surface area contributed by atoms with Gasteiger partial charge in [0, 0.05) is 13.1 Å². The van der Waals surface area contributed by atoms with Crippen LogP contribution in [0.3, 0.4) is 0 Å². The minimum Gasteiger partial charge on any atom is -0.426 e. The quantitative estimate of drug-likeness (QED) is 0.609. The number of rotatable bonds is 3. The second-order valence-electron chi connectivity index (χ2n) is 3.39. The molecule has 0 aromatic heterocycles. The first-order valence-electron chi connectivity index (χ1n) is 5.25. The Morgan fingerprint density at radius 3 is 2.20 bits per heavy atom. The SMILES string of the molecule is CCN(CC)C(=N)Oc1ccc(C)cc1. The summed E-state index contributed by atoms with van der Waals surface area (Å²) in [6.07, 6.45) is 0. The third kappa shape index (κ3) is 3.27. The first-order chi connectivity index (χ1) is 7.17. The Labute approximate surface area is 91.2 Å². The van der Waals surface area contributed by atoms with E-state index in [0.29, 0.717) is 0 Å². The fourth-order valence-electron chi connectivity index (χ4n) is 1.29. The summed E-state index contributed by atoms with van der Waals surface area (Å²) >= 11 is 0. The van der Waals surface area contributed by atoms with Crippen LogP contribution in [0.1, 0.15) is 19.4 Å². The van der Waals surface area contributed by atoms with Crippen LogP contribution in [0.5, 0.6) is 5.75 Å². The lowest BCUT2D eigenvalue weighted by molar-refractivity contribution is 0.359. The van der Waals surface area contributed by atoms with Crippen LogP contribution in [0.2, 0.25) is 0 Å². The zero-order valence-corrected chi connectivity index (χ0v) is 9.58. The predicted octanol–water partition coefficient (Wildman–Crippen LogP) is 2.65. The van der Waals surface area contributed by atoms with Gasteiger partial charge in [0.25, 0.3) is 6.02 Å². The summed E-state index contributed by atoms with van der Waals surface area (Å²) in [6, 6.07) is 7.93. The Bertz CT molecular complexity index is 315. The van der Waals surface area contributed by atoms with Crippen LogP contribution in [0, 0.1) is 12.3 Å². The average molecular weight is 206 g/mol. The normalized spacial score (nSPS) is 9.80. The molecule has 0 bridgehead atoms. The summed E-state index contributed by atoms with van der Waals surface area (Å²) in [5, 5.41) is 7.74. The molecule has 0 atom stereocenters. The van der Waals surface area contributed by atoms with E-state index in [-0.39, 0.29) is 6.02 Å². The second kappa shape index (κ2) is 5.39. The fraction of sp³-hybridized carbons (Fsp3) is 0.417. The first-order valence-corrected chi connectivity index (χ1v) is 5.25. The van der Waals surface area contributed by atoms with Crippen molar-refractivity contribution < 1.29 is 4.74 Å². The predicted molar refractivity (Wildman–Crippen MR) is 62.5 cm³/mol. The topological polar surface area (TPSA) is 36.3 Å². The molecule has 1 aromatic carbocycles. The molecule has 1 rings (SSSR count). The lowest BCUT2D eigenvalue weighted by atomic mass is 10.2. The van der Waals surface area contributed by atoms with Gasteiger partial charge >= 0.3 is 0 Å². The standard InChI is InChI=1S/C12H18N2O/c1-4-14(5-2)12(13)15-11-8-6-10(3)7-9-11/h6-9,13H,4-5H2,1-3H3. The van der Waals surface area contributed by atoms with Crippen LogP contribution < -0.4 is 4.74 Å². The van der Waals surface area contributed by atoms with Crippen LogP contribution in [-0.4, -0.2) is 24.0 Å². The molecule has 0 aliphatic rings. The van der Waals surface area contributed by atoms with E-state index in [2.05, 4.69) is 0 Å². The number of benzene rings is 1. The third-order valence-electron chi connectivity index (χ3n) is 2.29. The molecule has 1 N–H and O–H groups in total. The van der Waals surface area contributed by atoms with Gasteiger partial charge in [0.1, 0.15) is 5.75 Å². The number of hydrogen-bond acceptors (Lipinski definition) is 2. The molecule has 0 saturated carbocycles. The molecule has 82 valence electrons. The van der Waals surface area contributed by atoms with Crippen LogP contribution >= 0.6 is 0 Å². The minimum absolute atomic E-state index is 0.212. The van der Waals surface area contributed by atoms with Crippen molar-refractivity contribution in [2.75, 3.05) is 13.1 Å². The number of aryl methyl sites for hydroxylation is 1. The van der Waals surface area contributed by atoms with Crippen molar-refractivity contribution in [3.8, 4) is 5.75 Å². The van der Waals surface area contributed by atoms with Crippen LogP contribution in [-0.2, 0) is 0 Å². The van der Waals surface area contributed by atoms with Crippen molar-refractivity contribution in [1.82, 2.24) is 4.90 Å². The molecule has 0 fully saturated rings. The van der Waals surface area contributed by atoms with Gasteiger partial charge in [0.2, 0.25) is 0 Å². The molecular weight excluding hydrogens is 188 g/mol. The van der Waals surface area contributed by atoms with Gasteiger partial charge in [-0.15, -0.1) is 0 Å². The first kappa shape index (κ1) is 11.6. The lowest BCUT2D eigenvalue weighted by Gasteiger charge is -2.20. The largest absolute Gasteiger partial charge is 0.426 e. The van der Waals surface area contributed by atoms with Crippen molar-refractivity contribution in [2.45, 2.75) is 20.8 Å². The Kier molecular flexibility index (Phi) is 4.16. The molecule has 0 aliphatic heterocycles. The third-order valence-corrected chi connectivity index (χ3v) is 2.29. The maximum atomic E-state index is 7.74. The summed E-state index contributed by atoms with van der Waals surface area (Å²) in [5.74, 6) is 0.720. The number of nitrogens with zero attached hydrogens (tertiary/aromatic N) is 1. The molecule has 0 amide bonds. The highest BCUT2D eigenvalue weighted by molar-refractivity contribution is 5.73. The van der Waals surface area contributed by atoms with Gasteiger partial charge in [-0.05, 0) is 32.9 Å². The molecule has 0 heterocycles. The number of ether oxygens (including phenoxy) is 1. The number of amidine groups is 1. The van der Waals surface area contributed by atoms with E-state index in [0.717, 1.165) is 18.8 Å². The molecule has 3 heteroatoms. The molecule has 0 unspecified atom stereocenters. The van der Waals surface area contributed by atoms with E-state index in [9.17, 15) is 0 Å².